The Kier molecular flexibility index (Phi) is 5.09. The molecule has 1 N–H and O–H groups in total. The quantitative estimate of drug-likeness (QED) is 0.828. The summed E-state index contributed by atoms with van der Waals surface area (Å²) in [6.07, 6.45) is 12.1. The third kappa shape index (κ3) is 3.50. The Balaban J connectivity index is 1.83. The van der Waals surface area contributed by atoms with Crippen molar-refractivity contribution in [2.75, 3.05) is 11.9 Å². The molecule has 1 aliphatic rings. The Morgan fingerprint density at radius 3 is 3.00 bits per heavy atom. The van der Waals surface area contributed by atoms with E-state index in [1.54, 1.807) is 0 Å². The minimum Gasteiger partial charge on any atom is -0.355 e. The van der Waals surface area contributed by atoms with Crippen molar-refractivity contribution in [1.82, 2.24) is 9.55 Å². The van der Waals surface area contributed by atoms with Crippen molar-refractivity contribution < 1.29 is 0 Å². The van der Waals surface area contributed by atoms with Gasteiger partial charge in [0.25, 0.3) is 0 Å². The lowest BCUT2D eigenvalue weighted by molar-refractivity contribution is 0.268. The summed E-state index contributed by atoms with van der Waals surface area (Å²) >= 11 is 0. The van der Waals surface area contributed by atoms with Crippen LogP contribution in [0.5, 0.6) is 0 Å². The molecule has 102 valence electrons. The zero-order valence-electron chi connectivity index (χ0n) is 11.9. The van der Waals surface area contributed by atoms with Crippen LogP contribution in [0.4, 0.5) is 5.95 Å². The van der Waals surface area contributed by atoms with E-state index in [2.05, 4.69) is 34.9 Å². The Morgan fingerprint density at radius 1 is 1.39 bits per heavy atom. The normalized spacial score (nSPS) is 24.1. The second kappa shape index (κ2) is 6.81. The number of anilines is 1. The fourth-order valence-corrected chi connectivity index (χ4v) is 2.90. The molecule has 1 aliphatic carbocycles. The van der Waals surface area contributed by atoms with Crippen LogP contribution in [0.3, 0.4) is 0 Å². The second-order valence-electron chi connectivity index (χ2n) is 5.70. The van der Waals surface area contributed by atoms with Gasteiger partial charge in [0, 0.05) is 25.5 Å². The lowest BCUT2D eigenvalue weighted by atomic mass is 9.80. The summed E-state index contributed by atoms with van der Waals surface area (Å²) in [6, 6.07) is 0. The molecule has 3 heteroatoms. The molecule has 0 spiro atoms. The van der Waals surface area contributed by atoms with Gasteiger partial charge in [0.15, 0.2) is 0 Å². The number of unbranched alkanes of at least 4 members (excludes halogenated alkanes) is 1. The maximum Gasteiger partial charge on any atom is 0.202 e. The van der Waals surface area contributed by atoms with Gasteiger partial charge in [0.05, 0.1) is 0 Å². The number of imidazole rings is 1. The molecule has 0 aromatic carbocycles. The summed E-state index contributed by atoms with van der Waals surface area (Å²) < 4.78 is 2.25. The monoisotopic (exact) mass is 249 g/mol. The molecule has 0 saturated heterocycles. The first-order valence-electron chi connectivity index (χ1n) is 7.56. The van der Waals surface area contributed by atoms with Crippen LogP contribution in [0.25, 0.3) is 0 Å². The van der Waals surface area contributed by atoms with Crippen molar-refractivity contribution in [3.8, 4) is 0 Å². The summed E-state index contributed by atoms with van der Waals surface area (Å²) in [5, 5.41) is 3.55. The van der Waals surface area contributed by atoms with Crippen LogP contribution in [0.1, 0.15) is 52.4 Å². The maximum atomic E-state index is 4.43. The first-order valence-corrected chi connectivity index (χ1v) is 7.56. The molecule has 1 aromatic heterocycles. The molecule has 0 aliphatic heterocycles. The minimum atomic E-state index is 0.829. The number of nitrogens with one attached hydrogen (secondary N) is 1. The Morgan fingerprint density at radius 2 is 2.22 bits per heavy atom. The number of aromatic nitrogens is 2. The highest BCUT2D eigenvalue weighted by Gasteiger charge is 2.21. The fraction of sp³-hybridized carbons (Fsp3) is 0.800. The van der Waals surface area contributed by atoms with Crippen LogP contribution in [0.15, 0.2) is 12.4 Å². The van der Waals surface area contributed by atoms with Crippen molar-refractivity contribution in [3.05, 3.63) is 12.4 Å². The smallest absolute Gasteiger partial charge is 0.202 e. The van der Waals surface area contributed by atoms with Crippen LogP contribution in [0.2, 0.25) is 0 Å². The van der Waals surface area contributed by atoms with E-state index in [1.807, 2.05) is 6.20 Å². The molecule has 3 nitrogen and oxygen atoms in total. The van der Waals surface area contributed by atoms with Gasteiger partial charge in [-0.25, -0.2) is 4.98 Å². The number of nitrogens with zero attached hydrogens (tertiary/aromatic N) is 2. The van der Waals surface area contributed by atoms with E-state index in [0.29, 0.717) is 0 Å². The summed E-state index contributed by atoms with van der Waals surface area (Å²) in [7, 11) is 0. The molecule has 1 saturated carbocycles. The molecule has 2 unspecified atom stereocenters. The molecule has 2 atom stereocenters. The van der Waals surface area contributed by atoms with E-state index < -0.39 is 0 Å². The van der Waals surface area contributed by atoms with Crippen LogP contribution < -0.4 is 5.32 Å². The van der Waals surface area contributed by atoms with Gasteiger partial charge in [0.1, 0.15) is 0 Å². The predicted molar refractivity (Wildman–Crippen MR) is 76.7 cm³/mol. The van der Waals surface area contributed by atoms with Crippen LogP contribution >= 0.6 is 0 Å². The number of hydrogen-bond donors (Lipinski definition) is 1. The average Bonchev–Trinajstić information content (AvgIpc) is 2.83. The van der Waals surface area contributed by atoms with Gasteiger partial charge in [-0.15, -0.1) is 0 Å². The van der Waals surface area contributed by atoms with Gasteiger partial charge in [0.2, 0.25) is 5.95 Å². The van der Waals surface area contributed by atoms with Crippen LogP contribution in [-0.2, 0) is 6.54 Å². The number of aryl methyl sites for hydroxylation is 1. The predicted octanol–water partition coefficient (Wildman–Crippen LogP) is 3.92. The zero-order chi connectivity index (χ0) is 12.8. The van der Waals surface area contributed by atoms with E-state index in [4.69, 9.17) is 0 Å². The van der Waals surface area contributed by atoms with E-state index in [1.165, 1.54) is 38.5 Å². The Labute approximate surface area is 111 Å². The SMILES string of the molecule is CCCCn1ccnc1NCC1CCCCC1C. The van der Waals surface area contributed by atoms with E-state index >= 15 is 0 Å². The van der Waals surface area contributed by atoms with Crippen molar-refractivity contribution in [3.63, 3.8) is 0 Å². The molecular weight excluding hydrogens is 222 g/mol. The molecule has 1 aromatic rings. The van der Waals surface area contributed by atoms with Crippen molar-refractivity contribution >= 4 is 5.95 Å². The molecule has 2 rings (SSSR count). The molecule has 0 amide bonds. The summed E-state index contributed by atoms with van der Waals surface area (Å²) in [4.78, 5) is 4.43. The highest BCUT2D eigenvalue weighted by Crippen LogP contribution is 2.29. The maximum absolute atomic E-state index is 4.43. The highest BCUT2D eigenvalue weighted by atomic mass is 15.2. The Bertz CT molecular complexity index is 345. The van der Waals surface area contributed by atoms with Gasteiger partial charge < -0.3 is 9.88 Å². The lowest BCUT2D eigenvalue weighted by Crippen LogP contribution is -2.25. The first kappa shape index (κ1) is 13.4. The van der Waals surface area contributed by atoms with E-state index in [9.17, 15) is 0 Å². The van der Waals surface area contributed by atoms with Gasteiger partial charge in [-0.2, -0.15) is 0 Å². The number of rotatable bonds is 6. The van der Waals surface area contributed by atoms with Crippen LogP contribution in [0, 0.1) is 11.8 Å². The Hall–Kier alpha value is -0.990. The summed E-state index contributed by atoms with van der Waals surface area (Å²) in [5.74, 6) is 2.75. The van der Waals surface area contributed by atoms with Gasteiger partial charge in [-0.1, -0.05) is 39.5 Å². The van der Waals surface area contributed by atoms with Crippen molar-refractivity contribution in [1.29, 1.82) is 0 Å². The molecule has 0 radical (unpaired) electrons. The molecule has 1 heterocycles. The lowest BCUT2D eigenvalue weighted by Gasteiger charge is -2.29. The third-order valence-electron chi connectivity index (χ3n) is 4.28. The highest BCUT2D eigenvalue weighted by molar-refractivity contribution is 5.25. The number of hydrogen-bond acceptors (Lipinski definition) is 2. The molecule has 18 heavy (non-hydrogen) atoms. The van der Waals surface area contributed by atoms with E-state index in [-0.39, 0.29) is 0 Å². The fourth-order valence-electron chi connectivity index (χ4n) is 2.90. The van der Waals surface area contributed by atoms with Crippen LogP contribution in [-0.4, -0.2) is 16.1 Å². The van der Waals surface area contributed by atoms with E-state index in [0.717, 1.165) is 30.9 Å². The topological polar surface area (TPSA) is 29.9 Å². The molecular formula is C15H27N3. The van der Waals surface area contributed by atoms with Crippen molar-refractivity contribution in [2.24, 2.45) is 11.8 Å². The first-order chi connectivity index (χ1) is 8.81. The zero-order valence-corrected chi connectivity index (χ0v) is 11.9. The summed E-state index contributed by atoms with van der Waals surface area (Å²) in [6.45, 7) is 6.80. The molecule has 1 fully saturated rings. The van der Waals surface area contributed by atoms with Gasteiger partial charge >= 0.3 is 0 Å². The molecule has 0 bridgehead atoms. The second-order valence-corrected chi connectivity index (χ2v) is 5.70. The van der Waals surface area contributed by atoms with Gasteiger partial charge in [-0.05, 0) is 24.7 Å². The standard InChI is InChI=1S/C15H27N3/c1-3-4-10-18-11-9-16-15(18)17-12-14-8-6-5-7-13(14)2/h9,11,13-14H,3-8,10,12H2,1-2H3,(H,16,17). The summed E-state index contributed by atoms with van der Waals surface area (Å²) in [5.41, 5.74) is 0. The largest absolute Gasteiger partial charge is 0.355 e. The minimum absolute atomic E-state index is 0.829. The van der Waals surface area contributed by atoms with Gasteiger partial charge in [-0.3, -0.25) is 0 Å². The average molecular weight is 249 g/mol. The van der Waals surface area contributed by atoms with Crippen molar-refractivity contribution in [2.45, 2.75) is 58.9 Å². The third-order valence-corrected chi connectivity index (χ3v) is 4.28.